The molecule has 0 aromatic heterocycles. The number of benzene rings is 1. The zero-order valence-corrected chi connectivity index (χ0v) is 12.0. The molecule has 2 N–H and O–H groups in total. The van der Waals surface area contributed by atoms with Crippen LogP contribution in [0.5, 0.6) is 0 Å². The largest absolute Gasteiger partial charge is 0.465 e. The number of ether oxygens (including phenoxy) is 1. The van der Waals surface area contributed by atoms with E-state index < -0.39 is 5.97 Å². The van der Waals surface area contributed by atoms with E-state index in [1.165, 1.54) is 13.2 Å². The van der Waals surface area contributed by atoms with E-state index in [0.29, 0.717) is 10.7 Å². The standard InChI is InChI=1S/C14H17ClN2O3/c1-20-14(19)10-8-9(15)5-6-11(10)17-13(18)12-4-2-3-7-16-12/h5-6,8,12,16H,2-4,7H2,1H3,(H,17,18)/t12-/m0/s1. The normalized spacial score (nSPS) is 18.4. The smallest absolute Gasteiger partial charge is 0.340 e. The molecule has 1 saturated heterocycles. The molecule has 1 fully saturated rings. The number of rotatable bonds is 3. The molecule has 6 heteroatoms. The van der Waals surface area contributed by atoms with Crippen LogP contribution in [-0.2, 0) is 9.53 Å². The maximum absolute atomic E-state index is 12.2. The van der Waals surface area contributed by atoms with E-state index in [1.807, 2.05) is 0 Å². The van der Waals surface area contributed by atoms with Gasteiger partial charge in [-0.05, 0) is 37.6 Å². The highest BCUT2D eigenvalue weighted by atomic mass is 35.5. The first-order valence-corrected chi connectivity index (χ1v) is 6.91. The van der Waals surface area contributed by atoms with Gasteiger partial charge in [-0.15, -0.1) is 0 Å². The molecule has 20 heavy (non-hydrogen) atoms. The summed E-state index contributed by atoms with van der Waals surface area (Å²) in [5.41, 5.74) is 0.669. The molecule has 1 aromatic carbocycles. The van der Waals surface area contributed by atoms with Crippen LogP contribution in [0.4, 0.5) is 5.69 Å². The van der Waals surface area contributed by atoms with Crippen LogP contribution in [0.1, 0.15) is 29.6 Å². The zero-order chi connectivity index (χ0) is 14.5. The van der Waals surface area contributed by atoms with Crippen LogP contribution < -0.4 is 10.6 Å². The van der Waals surface area contributed by atoms with Gasteiger partial charge in [-0.25, -0.2) is 4.79 Å². The molecule has 1 aliphatic heterocycles. The van der Waals surface area contributed by atoms with Crippen molar-refractivity contribution in [2.75, 3.05) is 19.0 Å². The highest BCUT2D eigenvalue weighted by Crippen LogP contribution is 2.22. The summed E-state index contributed by atoms with van der Waals surface area (Å²) in [6.45, 7) is 0.836. The number of methoxy groups -OCH3 is 1. The molecule has 0 aliphatic carbocycles. The summed E-state index contributed by atoms with van der Waals surface area (Å²) in [4.78, 5) is 23.9. The first-order valence-electron chi connectivity index (χ1n) is 6.54. The maximum Gasteiger partial charge on any atom is 0.340 e. The van der Waals surface area contributed by atoms with Crippen LogP contribution >= 0.6 is 11.6 Å². The third-order valence-electron chi connectivity index (χ3n) is 3.27. The Hall–Kier alpha value is -1.59. The van der Waals surface area contributed by atoms with Gasteiger partial charge in [-0.2, -0.15) is 0 Å². The van der Waals surface area contributed by atoms with Gasteiger partial charge in [0.25, 0.3) is 0 Å². The van der Waals surface area contributed by atoms with Crippen molar-refractivity contribution in [3.63, 3.8) is 0 Å². The molecule has 0 bridgehead atoms. The lowest BCUT2D eigenvalue weighted by Gasteiger charge is -2.23. The maximum atomic E-state index is 12.2. The predicted octanol–water partition coefficient (Wildman–Crippen LogP) is 2.21. The van der Waals surface area contributed by atoms with Crippen LogP contribution in [0.25, 0.3) is 0 Å². The van der Waals surface area contributed by atoms with Crippen molar-refractivity contribution in [1.82, 2.24) is 5.32 Å². The summed E-state index contributed by atoms with van der Waals surface area (Å²) < 4.78 is 4.69. The number of carbonyl (C=O) groups is 2. The highest BCUT2D eigenvalue weighted by Gasteiger charge is 2.22. The number of halogens is 1. The number of carbonyl (C=O) groups excluding carboxylic acids is 2. The summed E-state index contributed by atoms with van der Waals surface area (Å²) in [7, 11) is 1.29. The summed E-state index contributed by atoms with van der Waals surface area (Å²) in [5, 5.41) is 6.34. The number of hydrogen-bond acceptors (Lipinski definition) is 4. The summed E-state index contributed by atoms with van der Waals surface area (Å²) in [6, 6.07) is 4.50. The van der Waals surface area contributed by atoms with E-state index in [0.717, 1.165) is 25.8 Å². The molecule has 0 saturated carbocycles. The minimum absolute atomic E-state index is 0.142. The van der Waals surface area contributed by atoms with Gasteiger partial charge < -0.3 is 15.4 Å². The lowest BCUT2D eigenvalue weighted by atomic mass is 10.0. The first-order chi connectivity index (χ1) is 9.61. The van der Waals surface area contributed by atoms with Crippen LogP contribution in [0.2, 0.25) is 5.02 Å². The topological polar surface area (TPSA) is 67.4 Å². The average molecular weight is 297 g/mol. The number of esters is 1. The molecule has 1 amide bonds. The molecule has 0 spiro atoms. The van der Waals surface area contributed by atoms with Crippen LogP contribution in [0.15, 0.2) is 18.2 Å². The lowest BCUT2D eigenvalue weighted by molar-refractivity contribution is -0.118. The molecule has 0 unspecified atom stereocenters. The highest BCUT2D eigenvalue weighted by molar-refractivity contribution is 6.31. The van der Waals surface area contributed by atoms with Gasteiger partial charge in [0.15, 0.2) is 0 Å². The van der Waals surface area contributed by atoms with E-state index in [1.54, 1.807) is 12.1 Å². The number of nitrogens with one attached hydrogen (secondary N) is 2. The molecule has 2 rings (SSSR count). The van der Waals surface area contributed by atoms with Crippen molar-refractivity contribution in [2.24, 2.45) is 0 Å². The monoisotopic (exact) mass is 296 g/mol. The Balaban J connectivity index is 2.15. The fourth-order valence-corrected chi connectivity index (χ4v) is 2.37. The SMILES string of the molecule is COC(=O)c1cc(Cl)ccc1NC(=O)[C@@H]1CCCCN1. The number of anilines is 1. The zero-order valence-electron chi connectivity index (χ0n) is 11.2. The second-order valence-corrected chi connectivity index (χ2v) is 5.11. The first kappa shape index (κ1) is 14.8. The fourth-order valence-electron chi connectivity index (χ4n) is 2.20. The number of amides is 1. The third-order valence-corrected chi connectivity index (χ3v) is 3.51. The van der Waals surface area contributed by atoms with Gasteiger partial charge in [0, 0.05) is 5.02 Å². The molecule has 0 radical (unpaired) electrons. The van der Waals surface area contributed by atoms with Crippen molar-refractivity contribution in [1.29, 1.82) is 0 Å². The van der Waals surface area contributed by atoms with Gasteiger partial charge in [0.1, 0.15) is 0 Å². The Morgan fingerprint density at radius 2 is 2.20 bits per heavy atom. The van der Waals surface area contributed by atoms with Crippen LogP contribution in [0.3, 0.4) is 0 Å². The van der Waals surface area contributed by atoms with Crippen molar-refractivity contribution < 1.29 is 14.3 Å². The molecule has 108 valence electrons. The second kappa shape index (κ2) is 6.72. The fraction of sp³-hybridized carbons (Fsp3) is 0.429. The molecule has 1 atom stereocenters. The minimum Gasteiger partial charge on any atom is -0.465 e. The Morgan fingerprint density at radius 3 is 2.85 bits per heavy atom. The minimum atomic E-state index is -0.528. The molecule has 1 heterocycles. The predicted molar refractivity (Wildman–Crippen MR) is 77.1 cm³/mol. The summed E-state index contributed by atoms with van der Waals surface area (Å²) in [5.74, 6) is -0.670. The number of piperidine rings is 1. The van der Waals surface area contributed by atoms with Crippen molar-refractivity contribution in [3.05, 3.63) is 28.8 Å². The van der Waals surface area contributed by atoms with Crippen molar-refractivity contribution >= 4 is 29.2 Å². The van der Waals surface area contributed by atoms with E-state index in [2.05, 4.69) is 10.6 Å². The average Bonchev–Trinajstić information content (AvgIpc) is 2.49. The van der Waals surface area contributed by atoms with Gasteiger partial charge >= 0.3 is 5.97 Å². The van der Waals surface area contributed by atoms with E-state index in [9.17, 15) is 9.59 Å². The van der Waals surface area contributed by atoms with E-state index >= 15 is 0 Å². The Morgan fingerprint density at radius 1 is 1.40 bits per heavy atom. The van der Waals surface area contributed by atoms with E-state index in [4.69, 9.17) is 16.3 Å². The molecule has 1 aromatic rings. The summed E-state index contributed by atoms with van der Waals surface area (Å²) >= 11 is 5.87. The summed E-state index contributed by atoms with van der Waals surface area (Å²) in [6.07, 6.45) is 2.90. The Bertz CT molecular complexity index is 513. The molecular weight excluding hydrogens is 280 g/mol. The lowest BCUT2D eigenvalue weighted by Crippen LogP contribution is -2.43. The van der Waals surface area contributed by atoms with Gasteiger partial charge in [-0.1, -0.05) is 18.0 Å². The second-order valence-electron chi connectivity index (χ2n) is 4.67. The quantitative estimate of drug-likeness (QED) is 0.839. The van der Waals surface area contributed by atoms with Gasteiger partial charge in [0.2, 0.25) is 5.91 Å². The van der Waals surface area contributed by atoms with Gasteiger partial charge in [-0.3, -0.25) is 4.79 Å². The Kier molecular flexibility index (Phi) is 4.98. The molecular formula is C14H17ClN2O3. The third kappa shape index (κ3) is 3.49. The Labute approximate surface area is 122 Å². The number of hydrogen-bond donors (Lipinski definition) is 2. The van der Waals surface area contributed by atoms with Crippen LogP contribution in [-0.4, -0.2) is 31.6 Å². The van der Waals surface area contributed by atoms with Crippen molar-refractivity contribution in [2.45, 2.75) is 25.3 Å². The molecule has 1 aliphatic rings. The van der Waals surface area contributed by atoms with Crippen LogP contribution in [0, 0.1) is 0 Å². The van der Waals surface area contributed by atoms with Gasteiger partial charge in [0.05, 0.1) is 24.4 Å². The van der Waals surface area contributed by atoms with E-state index in [-0.39, 0.29) is 17.5 Å². The van der Waals surface area contributed by atoms with Crippen molar-refractivity contribution in [3.8, 4) is 0 Å². The molecule has 5 nitrogen and oxygen atoms in total.